The van der Waals surface area contributed by atoms with E-state index in [2.05, 4.69) is 15.3 Å². The van der Waals surface area contributed by atoms with Crippen molar-refractivity contribution in [3.8, 4) is 0 Å². The smallest absolute Gasteiger partial charge is 0.131 e. The van der Waals surface area contributed by atoms with Crippen LogP contribution in [0, 0.1) is 12.8 Å². The molecule has 88 valence electrons. The van der Waals surface area contributed by atoms with Crippen molar-refractivity contribution in [3.63, 3.8) is 0 Å². The van der Waals surface area contributed by atoms with Gasteiger partial charge >= 0.3 is 0 Å². The van der Waals surface area contributed by atoms with E-state index in [1.807, 2.05) is 6.92 Å². The largest absolute Gasteiger partial charge is 0.384 e. The summed E-state index contributed by atoms with van der Waals surface area (Å²) in [5.74, 6) is 2.58. The van der Waals surface area contributed by atoms with Gasteiger partial charge in [0.1, 0.15) is 17.5 Å². The van der Waals surface area contributed by atoms with E-state index >= 15 is 0 Å². The molecule has 2 heterocycles. The van der Waals surface area contributed by atoms with Crippen molar-refractivity contribution in [2.75, 3.05) is 30.8 Å². The molecule has 1 unspecified atom stereocenters. The van der Waals surface area contributed by atoms with Crippen LogP contribution in [0.4, 0.5) is 11.6 Å². The first-order valence-electron chi connectivity index (χ1n) is 5.67. The highest BCUT2D eigenvalue weighted by Gasteiger charge is 2.13. The Balaban J connectivity index is 1.88. The van der Waals surface area contributed by atoms with E-state index in [-0.39, 0.29) is 0 Å². The highest BCUT2D eigenvalue weighted by Crippen LogP contribution is 2.15. The predicted octanol–water partition coefficient (Wildman–Crippen LogP) is 1.21. The topological polar surface area (TPSA) is 73.1 Å². The van der Waals surface area contributed by atoms with Crippen LogP contribution in [0.5, 0.6) is 0 Å². The van der Waals surface area contributed by atoms with Crippen molar-refractivity contribution in [1.29, 1.82) is 0 Å². The molecule has 1 aromatic heterocycles. The molecule has 1 fully saturated rings. The van der Waals surface area contributed by atoms with E-state index in [1.54, 1.807) is 6.07 Å². The molecule has 0 bridgehead atoms. The second-order valence-corrected chi connectivity index (χ2v) is 4.19. The fraction of sp³-hybridized carbons (Fsp3) is 0.636. The Morgan fingerprint density at radius 3 is 3.12 bits per heavy atom. The number of aromatic nitrogens is 2. The average Bonchev–Trinajstić information content (AvgIpc) is 2.27. The summed E-state index contributed by atoms with van der Waals surface area (Å²) in [5.41, 5.74) is 5.65. The van der Waals surface area contributed by atoms with Gasteiger partial charge in [0, 0.05) is 19.2 Å². The van der Waals surface area contributed by atoms with Crippen LogP contribution in [0.2, 0.25) is 0 Å². The van der Waals surface area contributed by atoms with Gasteiger partial charge in [-0.2, -0.15) is 0 Å². The number of anilines is 2. The second kappa shape index (κ2) is 5.12. The number of aryl methyl sites for hydroxylation is 1. The lowest BCUT2D eigenvalue weighted by atomic mass is 10.0. The molecule has 0 aromatic carbocycles. The van der Waals surface area contributed by atoms with E-state index < -0.39 is 0 Å². The summed E-state index contributed by atoms with van der Waals surface area (Å²) >= 11 is 0. The van der Waals surface area contributed by atoms with E-state index in [0.717, 1.165) is 32.0 Å². The molecule has 5 nitrogen and oxygen atoms in total. The molecule has 0 saturated carbocycles. The summed E-state index contributed by atoms with van der Waals surface area (Å²) in [6.45, 7) is 4.46. The van der Waals surface area contributed by atoms with Crippen molar-refractivity contribution in [3.05, 3.63) is 11.9 Å². The molecule has 0 aliphatic carbocycles. The molecule has 16 heavy (non-hydrogen) atoms. The number of rotatable bonds is 3. The van der Waals surface area contributed by atoms with Crippen LogP contribution in [0.3, 0.4) is 0 Å². The summed E-state index contributed by atoms with van der Waals surface area (Å²) in [6, 6.07) is 1.76. The fourth-order valence-corrected chi connectivity index (χ4v) is 1.90. The number of hydrogen-bond acceptors (Lipinski definition) is 5. The summed E-state index contributed by atoms with van der Waals surface area (Å²) in [5, 5.41) is 3.28. The highest BCUT2D eigenvalue weighted by atomic mass is 16.5. The zero-order valence-electron chi connectivity index (χ0n) is 9.57. The molecule has 2 rings (SSSR count). The number of nitrogens with two attached hydrogens (primary N) is 1. The lowest BCUT2D eigenvalue weighted by molar-refractivity contribution is 0.0595. The molecule has 0 radical (unpaired) electrons. The number of nitrogens with one attached hydrogen (secondary N) is 1. The Morgan fingerprint density at radius 2 is 2.44 bits per heavy atom. The monoisotopic (exact) mass is 222 g/mol. The van der Waals surface area contributed by atoms with Gasteiger partial charge in [-0.25, -0.2) is 9.97 Å². The minimum absolute atomic E-state index is 0.509. The van der Waals surface area contributed by atoms with Gasteiger partial charge in [0.2, 0.25) is 0 Å². The molecule has 1 atom stereocenters. The van der Waals surface area contributed by atoms with Crippen molar-refractivity contribution >= 4 is 11.6 Å². The lowest BCUT2D eigenvalue weighted by Gasteiger charge is -2.22. The number of nitrogen functional groups attached to an aromatic ring is 1. The average molecular weight is 222 g/mol. The Hall–Kier alpha value is -1.36. The quantitative estimate of drug-likeness (QED) is 0.804. The van der Waals surface area contributed by atoms with Crippen molar-refractivity contribution in [1.82, 2.24) is 9.97 Å². The standard InChI is InChI=1S/C11H18N4O/c1-8-14-10(12)5-11(15-8)13-6-9-3-2-4-16-7-9/h5,9H,2-4,6-7H2,1H3,(H3,12,13,14,15). The zero-order valence-corrected chi connectivity index (χ0v) is 9.57. The first-order chi connectivity index (χ1) is 7.74. The SMILES string of the molecule is Cc1nc(N)cc(NCC2CCCOC2)n1. The van der Waals surface area contributed by atoms with Crippen LogP contribution >= 0.6 is 0 Å². The van der Waals surface area contributed by atoms with Gasteiger partial charge in [-0.1, -0.05) is 0 Å². The number of nitrogens with zero attached hydrogens (tertiary/aromatic N) is 2. The summed E-state index contributed by atoms with van der Waals surface area (Å²) in [6.07, 6.45) is 2.36. The van der Waals surface area contributed by atoms with Gasteiger partial charge in [-0.05, 0) is 25.7 Å². The molecule has 0 spiro atoms. The molecule has 5 heteroatoms. The van der Waals surface area contributed by atoms with Crippen molar-refractivity contribution in [2.45, 2.75) is 19.8 Å². The lowest BCUT2D eigenvalue weighted by Crippen LogP contribution is -2.24. The van der Waals surface area contributed by atoms with Crippen LogP contribution in [0.25, 0.3) is 0 Å². The molecule has 1 aliphatic heterocycles. The van der Waals surface area contributed by atoms with Gasteiger partial charge < -0.3 is 15.8 Å². The maximum Gasteiger partial charge on any atom is 0.131 e. The highest BCUT2D eigenvalue weighted by molar-refractivity contribution is 5.44. The summed E-state index contributed by atoms with van der Waals surface area (Å²) < 4.78 is 5.42. The minimum atomic E-state index is 0.509. The molecule has 1 aliphatic rings. The van der Waals surface area contributed by atoms with Crippen LogP contribution in [-0.2, 0) is 4.74 Å². The van der Waals surface area contributed by atoms with E-state index in [4.69, 9.17) is 10.5 Å². The molecule has 1 aromatic rings. The Labute approximate surface area is 95.4 Å². The van der Waals surface area contributed by atoms with Gasteiger partial charge in [-0.3, -0.25) is 0 Å². The summed E-state index contributed by atoms with van der Waals surface area (Å²) in [7, 11) is 0. The van der Waals surface area contributed by atoms with Crippen molar-refractivity contribution in [2.24, 2.45) is 5.92 Å². The molecular formula is C11H18N4O. The second-order valence-electron chi connectivity index (χ2n) is 4.19. The molecular weight excluding hydrogens is 204 g/mol. The van der Waals surface area contributed by atoms with E-state index in [1.165, 1.54) is 6.42 Å². The zero-order chi connectivity index (χ0) is 11.4. The predicted molar refractivity (Wildman–Crippen MR) is 63.2 cm³/mol. The molecule has 1 saturated heterocycles. The minimum Gasteiger partial charge on any atom is -0.384 e. The van der Waals surface area contributed by atoms with Gasteiger partial charge in [-0.15, -0.1) is 0 Å². The number of ether oxygens (including phenoxy) is 1. The Kier molecular flexibility index (Phi) is 3.56. The van der Waals surface area contributed by atoms with Crippen LogP contribution in [0.15, 0.2) is 6.07 Å². The van der Waals surface area contributed by atoms with Crippen LogP contribution in [-0.4, -0.2) is 29.7 Å². The normalized spacial score (nSPS) is 20.7. The first-order valence-corrected chi connectivity index (χ1v) is 5.67. The maximum absolute atomic E-state index is 5.65. The third-order valence-corrected chi connectivity index (χ3v) is 2.68. The Bertz CT molecular complexity index is 330. The fourth-order valence-electron chi connectivity index (χ4n) is 1.90. The third-order valence-electron chi connectivity index (χ3n) is 2.68. The van der Waals surface area contributed by atoms with Crippen LogP contribution < -0.4 is 11.1 Å². The molecule has 3 N–H and O–H groups in total. The molecule has 0 amide bonds. The Morgan fingerprint density at radius 1 is 1.56 bits per heavy atom. The van der Waals surface area contributed by atoms with Gasteiger partial charge in [0.05, 0.1) is 6.61 Å². The van der Waals surface area contributed by atoms with E-state index in [0.29, 0.717) is 17.6 Å². The van der Waals surface area contributed by atoms with Gasteiger partial charge in [0.15, 0.2) is 0 Å². The number of hydrogen-bond donors (Lipinski definition) is 2. The third kappa shape index (κ3) is 3.06. The maximum atomic E-state index is 5.65. The summed E-state index contributed by atoms with van der Waals surface area (Å²) in [4.78, 5) is 8.31. The van der Waals surface area contributed by atoms with Crippen LogP contribution in [0.1, 0.15) is 18.7 Å². The van der Waals surface area contributed by atoms with Crippen molar-refractivity contribution < 1.29 is 4.74 Å². The first kappa shape index (κ1) is 11.1. The van der Waals surface area contributed by atoms with Gasteiger partial charge in [0.25, 0.3) is 0 Å². The van der Waals surface area contributed by atoms with E-state index in [9.17, 15) is 0 Å².